The molecule has 0 aliphatic carbocycles. The third-order valence-corrected chi connectivity index (χ3v) is 4.23. The van der Waals surface area contributed by atoms with Crippen molar-refractivity contribution in [3.05, 3.63) is 29.8 Å². The van der Waals surface area contributed by atoms with Gasteiger partial charge in [-0.05, 0) is 25.0 Å². The number of anilines is 1. The second-order valence-corrected chi connectivity index (χ2v) is 5.94. The molecule has 1 heterocycles. The van der Waals surface area contributed by atoms with E-state index >= 15 is 0 Å². The number of ether oxygens (including phenoxy) is 1. The molecule has 116 valence electrons. The van der Waals surface area contributed by atoms with Crippen molar-refractivity contribution in [3.63, 3.8) is 0 Å². The minimum atomic E-state index is -0.720. The van der Waals surface area contributed by atoms with Gasteiger partial charge in [-0.25, -0.2) is 0 Å². The van der Waals surface area contributed by atoms with Gasteiger partial charge < -0.3 is 14.7 Å². The van der Waals surface area contributed by atoms with E-state index in [-0.39, 0.29) is 5.91 Å². The lowest BCUT2D eigenvalue weighted by Gasteiger charge is -2.35. The summed E-state index contributed by atoms with van der Waals surface area (Å²) in [7, 11) is 0. The fourth-order valence-electron chi connectivity index (χ4n) is 2.46. The molecule has 1 aromatic carbocycles. The zero-order valence-corrected chi connectivity index (χ0v) is 13.4. The van der Waals surface area contributed by atoms with Gasteiger partial charge in [-0.3, -0.25) is 4.79 Å². The first kappa shape index (κ1) is 16.3. The molecule has 3 unspecified atom stereocenters. The molecular formula is C16H23NO3S. The fourth-order valence-corrected chi connectivity index (χ4v) is 2.61. The van der Waals surface area contributed by atoms with Crippen LogP contribution in [0.5, 0.6) is 0 Å². The van der Waals surface area contributed by atoms with Crippen LogP contribution in [0.2, 0.25) is 0 Å². The number of benzene rings is 1. The van der Waals surface area contributed by atoms with Gasteiger partial charge in [-0.2, -0.15) is 0 Å². The molecule has 5 heteroatoms. The van der Waals surface area contributed by atoms with Gasteiger partial charge in [0.15, 0.2) is 0 Å². The molecule has 3 atom stereocenters. The lowest BCUT2D eigenvalue weighted by Crippen LogP contribution is -2.47. The zero-order chi connectivity index (χ0) is 15.4. The summed E-state index contributed by atoms with van der Waals surface area (Å²) in [5.74, 6) is -0.0400. The highest BCUT2D eigenvalue weighted by molar-refractivity contribution is 7.80. The predicted molar refractivity (Wildman–Crippen MR) is 86.7 cm³/mol. The highest BCUT2D eigenvalue weighted by Gasteiger charge is 2.34. The maximum atomic E-state index is 12.6. The number of para-hydroxylation sites is 1. The summed E-state index contributed by atoms with van der Waals surface area (Å²) in [5.41, 5.74) is 1.42. The van der Waals surface area contributed by atoms with Crippen LogP contribution in [0, 0.1) is 0 Å². The van der Waals surface area contributed by atoms with E-state index in [1.165, 1.54) is 0 Å². The van der Waals surface area contributed by atoms with E-state index in [2.05, 4.69) is 19.6 Å². The molecule has 1 amide bonds. The molecule has 0 radical (unpaired) electrons. The van der Waals surface area contributed by atoms with E-state index in [1.807, 2.05) is 24.3 Å². The molecule has 1 aromatic rings. The monoisotopic (exact) mass is 309 g/mol. The summed E-state index contributed by atoms with van der Waals surface area (Å²) in [4.78, 5) is 14.4. The van der Waals surface area contributed by atoms with Gasteiger partial charge >= 0.3 is 0 Å². The number of thiol groups is 1. The van der Waals surface area contributed by atoms with Crippen molar-refractivity contribution < 1.29 is 14.6 Å². The molecule has 2 rings (SSSR count). The van der Waals surface area contributed by atoms with Crippen molar-refractivity contribution >= 4 is 24.2 Å². The number of nitrogens with zero attached hydrogens (tertiary/aromatic N) is 1. The second kappa shape index (κ2) is 7.29. The van der Waals surface area contributed by atoms with Crippen LogP contribution in [0.1, 0.15) is 32.3 Å². The van der Waals surface area contributed by atoms with E-state index in [9.17, 15) is 9.90 Å². The molecule has 0 spiro atoms. The topological polar surface area (TPSA) is 49.8 Å². The number of aliphatic hydroxyl groups is 1. The lowest BCUT2D eigenvalue weighted by atomic mass is 9.98. The third kappa shape index (κ3) is 3.78. The molecular weight excluding hydrogens is 286 g/mol. The van der Waals surface area contributed by atoms with Gasteiger partial charge in [0.05, 0.1) is 6.10 Å². The number of rotatable bonds is 6. The van der Waals surface area contributed by atoms with E-state index in [0.29, 0.717) is 13.0 Å². The number of aliphatic hydroxyl groups excluding tert-OH is 1. The molecule has 0 aromatic heterocycles. The highest BCUT2D eigenvalue weighted by Crippen LogP contribution is 2.30. The van der Waals surface area contributed by atoms with Crippen molar-refractivity contribution in [2.75, 3.05) is 11.4 Å². The quantitative estimate of drug-likeness (QED) is 0.627. The Morgan fingerprint density at radius 1 is 1.48 bits per heavy atom. The summed E-state index contributed by atoms with van der Waals surface area (Å²) in [6, 6.07) is 7.92. The molecule has 0 saturated heterocycles. The van der Waals surface area contributed by atoms with E-state index in [4.69, 9.17) is 4.74 Å². The van der Waals surface area contributed by atoms with Crippen LogP contribution >= 0.6 is 12.6 Å². The average Bonchev–Trinajstić information content (AvgIpc) is 2.47. The Labute approximate surface area is 131 Å². The largest absolute Gasteiger partial charge is 0.390 e. The van der Waals surface area contributed by atoms with Gasteiger partial charge in [0.1, 0.15) is 11.5 Å². The minimum absolute atomic E-state index is 0.0400. The lowest BCUT2D eigenvalue weighted by molar-refractivity contribution is -0.134. The standard InChI is InChI=1S/C16H23NO3S/c1-3-4-9-17-13-8-6-5-7-12(13)10-14(15(17)19)20-16(21)11(2)18/h5-8,11,14,16,18,21H,3-4,9-10H2,1-2H3. The Kier molecular flexibility index (Phi) is 5.67. The SMILES string of the molecule is CCCCN1C(=O)C(OC(S)C(C)O)Cc2ccccc21. The van der Waals surface area contributed by atoms with Crippen LogP contribution in [0.3, 0.4) is 0 Å². The summed E-state index contributed by atoms with van der Waals surface area (Å²) in [6.07, 6.45) is 1.21. The van der Waals surface area contributed by atoms with Crippen molar-refractivity contribution in [1.82, 2.24) is 0 Å². The van der Waals surface area contributed by atoms with Crippen molar-refractivity contribution in [3.8, 4) is 0 Å². The van der Waals surface area contributed by atoms with Crippen LogP contribution in [0.15, 0.2) is 24.3 Å². The Morgan fingerprint density at radius 2 is 2.19 bits per heavy atom. The van der Waals surface area contributed by atoms with Crippen LogP contribution in [0.4, 0.5) is 5.69 Å². The molecule has 0 saturated carbocycles. The molecule has 1 aliphatic rings. The van der Waals surface area contributed by atoms with Crippen molar-refractivity contribution in [2.45, 2.75) is 50.8 Å². The first-order valence-corrected chi connectivity index (χ1v) is 7.97. The number of amides is 1. The van der Waals surface area contributed by atoms with Gasteiger partial charge in [0.2, 0.25) is 0 Å². The number of hydrogen-bond acceptors (Lipinski definition) is 4. The van der Waals surface area contributed by atoms with Crippen molar-refractivity contribution in [2.24, 2.45) is 0 Å². The maximum Gasteiger partial charge on any atom is 0.256 e. The summed E-state index contributed by atoms with van der Waals surface area (Å²) < 4.78 is 5.66. The minimum Gasteiger partial charge on any atom is -0.390 e. The summed E-state index contributed by atoms with van der Waals surface area (Å²) >= 11 is 4.20. The van der Waals surface area contributed by atoms with Gasteiger partial charge in [-0.15, -0.1) is 12.6 Å². The van der Waals surface area contributed by atoms with Gasteiger partial charge in [-0.1, -0.05) is 31.5 Å². The number of fused-ring (bicyclic) bond motifs is 1. The Hall–Kier alpha value is -1.04. The normalized spacial score (nSPS) is 21.0. The second-order valence-electron chi connectivity index (χ2n) is 5.43. The van der Waals surface area contributed by atoms with E-state index in [0.717, 1.165) is 24.1 Å². The number of carbonyl (C=O) groups excluding carboxylic acids is 1. The number of unbranched alkanes of at least 4 members (excludes halogenated alkanes) is 1. The molecule has 1 aliphatic heterocycles. The molecule has 1 N–H and O–H groups in total. The smallest absolute Gasteiger partial charge is 0.256 e. The van der Waals surface area contributed by atoms with E-state index in [1.54, 1.807) is 11.8 Å². The van der Waals surface area contributed by atoms with Crippen LogP contribution in [-0.2, 0) is 16.0 Å². The summed E-state index contributed by atoms with van der Waals surface area (Å²) in [6.45, 7) is 4.40. The van der Waals surface area contributed by atoms with Crippen LogP contribution < -0.4 is 4.90 Å². The van der Waals surface area contributed by atoms with Crippen molar-refractivity contribution in [1.29, 1.82) is 0 Å². The number of carbonyl (C=O) groups is 1. The first-order valence-electron chi connectivity index (χ1n) is 7.45. The molecule has 21 heavy (non-hydrogen) atoms. The fraction of sp³-hybridized carbons (Fsp3) is 0.562. The maximum absolute atomic E-state index is 12.6. The Balaban J connectivity index is 2.22. The van der Waals surface area contributed by atoms with Crippen LogP contribution in [0.25, 0.3) is 0 Å². The number of hydrogen-bond donors (Lipinski definition) is 2. The Morgan fingerprint density at radius 3 is 2.86 bits per heavy atom. The Bertz CT molecular complexity index is 492. The molecule has 4 nitrogen and oxygen atoms in total. The molecule has 0 fully saturated rings. The van der Waals surface area contributed by atoms with Gasteiger partial charge in [0.25, 0.3) is 5.91 Å². The zero-order valence-electron chi connectivity index (χ0n) is 12.5. The highest BCUT2D eigenvalue weighted by atomic mass is 32.1. The average molecular weight is 309 g/mol. The predicted octanol–water partition coefficient (Wildman–Crippen LogP) is 2.40. The third-order valence-electron chi connectivity index (χ3n) is 3.68. The molecule has 0 bridgehead atoms. The van der Waals surface area contributed by atoms with Gasteiger partial charge in [0, 0.05) is 18.7 Å². The summed E-state index contributed by atoms with van der Waals surface area (Å²) in [5, 5.41) is 9.51. The first-order chi connectivity index (χ1) is 10.0. The van der Waals surface area contributed by atoms with Crippen LogP contribution in [-0.4, -0.2) is 35.2 Å². The van der Waals surface area contributed by atoms with E-state index < -0.39 is 17.6 Å².